The van der Waals surface area contributed by atoms with Crippen LogP contribution in [-0.4, -0.2) is 42.4 Å². The Bertz CT molecular complexity index is 738. The van der Waals surface area contributed by atoms with E-state index in [1.54, 1.807) is 7.11 Å². The topological polar surface area (TPSA) is 66.8 Å². The van der Waals surface area contributed by atoms with Gasteiger partial charge in [-0.15, -0.1) is 0 Å². The molecule has 4 nitrogen and oxygen atoms in total. The fourth-order valence-corrected chi connectivity index (χ4v) is 5.84. The first kappa shape index (κ1) is 21.2. The summed E-state index contributed by atoms with van der Waals surface area (Å²) in [5, 5.41) is 18.9. The molecule has 2 fully saturated rings. The Hall–Kier alpha value is -1.49. The minimum Gasteiger partial charge on any atom is -0.396 e. The van der Waals surface area contributed by atoms with Crippen LogP contribution >= 0.6 is 0 Å². The van der Waals surface area contributed by atoms with Gasteiger partial charge in [0.05, 0.1) is 11.5 Å². The lowest BCUT2D eigenvalue weighted by Crippen LogP contribution is -2.47. The van der Waals surface area contributed by atoms with E-state index in [1.807, 2.05) is 6.07 Å². The number of aliphatic hydroxyl groups is 2. The zero-order chi connectivity index (χ0) is 20.5. The summed E-state index contributed by atoms with van der Waals surface area (Å²) in [5.41, 5.74) is 2.46. The molecule has 0 radical (unpaired) electrons. The summed E-state index contributed by atoms with van der Waals surface area (Å²) in [5.74, 6) is 0.330. The Morgan fingerprint density at radius 2 is 1.93 bits per heavy atom. The summed E-state index contributed by atoms with van der Waals surface area (Å²) in [6.45, 7) is 8.80. The van der Waals surface area contributed by atoms with Gasteiger partial charge in [0.15, 0.2) is 0 Å². The number of hydrogen-bond acceptors (Lipinski definition) is 4. The molecule has 28 heavy (non-hydrogen) atoms. The molecule has 1 aromatic carbocycles. The van der Waals surface area contributed by atoms with Gasteiger partial charge in [-0.3, -0.25) is 4.79 Å². The van der Waals surface area contributed by atoms with Crippen molar-refractivity contribution in [2.45, 2.75) is 52.1 Å². The second kappa shape index (κ2) is 8.10. The van der Waals surface area contributed by atoms with Gasteiger partial charge in [0.1, 0.15) is 5.78 Å². The fourth-order valence-electron chi connectivity index (χ4n) is 5.84. The number of carbonyl (C=O) groups excluding carboxylic acids is 1. The lowest BCUT2D eigenvalue weighted by Gasteiger charge is -2.44. The van der Waals surface area contributed by atoms with Crippen LogP contribution in [0.25, 0.3) is 0 Å². The van der Waals surface area contributed by atoms with Crippen LogP contribution in [0.15, 0.2) is 36.4 Å². The quantitative estimate of drug-likeness (QED) is 0.639. The molecule has 2 saturated carbocycles. The Morgan fingerprint density at radius 3 is 2.54 bits per heavy atom. The molecule has 2 N–H and O–H groups in total. The SMILES string of the molecule is C=C1[C@H]2[C@@H](CO)C[C@](C(=O)CCc3cccc(CCCO)c3)([C@@H]2OC)C1(C)C. The number of fused-ring (bicyclic) bond motifs is 2. The van der Waals surface area contributed by atoms with Gasteiger partial charge >= 0.3 is 0 Å². The minimum absolute atomic E-state index is 0.0516. The third-order valence-corrected chi connectivity index (χ3v) is 7.47. The third kappa shape index (κ3) is 3.16. The molecule has 0 heterocycles. The van der Waals surface area contributed by atoms with Crippen molar-refractivity contribution in [3.8, 4) is 0 Å². The van der Waals surface area contributed by atoms with Gasteiger partial charge in [0.2, 0.25) is 0 Å². The second-order valence-electron chi connectivity index (χ2n) is 9.02. The molecule has 4 atom stereocenters. The molecule has 0 aromatic heterocycles. The molecule has 0 spiro atoms. The third-order valence-electron chi connectivity index (χ3n) is 7.47. The molecule has 0 aliphatic heterocycles. The number of aryl methyl sites for hydroxylation is 2. The van der Waals surface area contributed by atoms with Crippen LogP contribution in [0.2, 0.25) is 0 Å². The lowest BCUT2D eigenvalue weighted by molar-refractivity contribution is -0.141. The van der Waals surface area contributed by atoms with Crippen LogP contribution in [-0.2, 0) is 22.4 Å². The van der Waals surface area contributed by atoms with Crippen molar-refractivity contribution in [3.05, 3.63) is 47.5 Å². The van der Waals surface area contributed by atoms with Crippen LogP contribution in [0.5, 0.6) is 0 Å². The Kier molecular flexibility index (Phi) is 6.14. The van der Waals surface area contributed by atoms with Crippen molar-refractivity contribution in [1.29, 1.82) is 0 Å². The number of hydrogen-bond donors (Lipinski definition) is 2. The summed E-state index contributed by atoms with van der Waals surface area (Å²) >= 11 is 0. The maximum Gasteiger partial charge on any atom is 0.142 e. The van der Waals surface area contributed by atoms with Gasteiger partial charge in [0, 0.05) is 38.1 Å². The van der Waals surface area contributed by atoms with Crippen LogP contribution < -0.4 is 0 Å². The first-order valence-corrected chi connectivity index (χ1v) is 10.4. The van der Waals surface area contributed by atoms with E-state index in [-0.39, 0.29) is 42.4 Å². The molecule has 4 heteroatoms. The average Bonchev–Trinajstić information content (AvgIpc) is 3.12. The smallest absolute Gasteiger partial charge is 0.142 e. The van der Waals surface area contributed by atoms with Crippen molar-refractivity contribution in [3.63, 3.8) is 0 Å². The standard InChI is InChI=1S/C24H34O4/c1-16-21-19(15-26)14-24(22(21)28-4,23(16,2)3)20(27)11-10-18-8-5-7-17(13-18)9-6-12-25/h5,7-8,13,19,21-22,25-26H,1,6,9-12,14-15H2,2-4H3/t19-,21+,22-,24+/m1/s1. The number of ether oxygens (including phenoxy) is 1. The molecule has 0 amide bonds. The highest BCUT2D eigenvalue weighted by Crippen LogP contribution is 2.69. The largest absolute Gasteiger partial charge is 0.396 e. The number of Topliss-reactive ketones (excluding diaryl/α,β-unsaturated/α-hetero) is 1. The molecule has 0 saturated heterocycles. The van der Waals surface area contributed by atoms with Gasteiger partial charge in [-0.1, -0.05) is 50.3 Å². The number of ketones is 1. The van der Waals surface area contributed by atoms with Gasteiger partial charge in [-0.2, -0.15) is 0 Å². The molecular weight excluding hydrogens is 352 g/mol. The molecule has 2 aliphatic carbocycles. The molecular formula is C24H34O4. The van der Waals surface area contributed by atoms with Crippen molar-refractivity contribution in [1.82, 2.24) is 0 Å². The Labute approximate surface area is 168 Å². The highest BCUT2D eigenvalue weighted by atomic mass is 16.5. The Morgan fingerprint density at radius 1 is 1.25 bits per heavy atom. The molecule has 2 aliphatic rings. The summed E-state index contributed by atoms with van der Waals surface area (Å²) < 4.78 is 5.86. The van der Waals surface area contributed by atoms with Crippen LogP contribution in [0.1, 0.15) is 44.2 Å². The van der Waals surface area contributed by atoms with E-state index >= 15 is 0 Å². The van der Waals surface area contributed by atoms with Gasteiger partial charge < -0.3 is 14.9 Å². The second-order valence-corrected chi connectivity index (χ2v) is 9.02. The van der Waals surface area contributed by atoms with E-state index in [2.05, 4.69) is 38.6 Å². The van der Waals surface area contributed by atoms with Gasteiger partial charge in [-0.25, -0.2) is 0 Å². The fraction of sp³-hybridized carbons (Fsp3) is 0.625. The van der Waals surface area contributed by atoms with Crippen LogP contribution in [0.4, 0.5) is 0 Å². The maximum atomic E-state index is 13.6. The number of aliphatic hydroxyl groups excluding tert-OH is 2. The van der Waals surface area contributed by atoms with E-state index in [9.17, 15) is 9.90 Å². The van der Waals surface area contributed by atoms with Gasteiger partial charge in [0.25, 0.3) is 0 Å². The van der Waals surface area contributed by atoms with Crippen molar-refractivity contribution < 1.29 is 19.7 Å². The van der Waals surface area contributed by atoms with Crippen LogP contribution in [0.3, 0.4) is 0 Å². The van der Waals surface area contributed by atoms with E-state index < -0.39 is 5.41 Å². The van der Waals surface area contributed by atoms with Crippen molar-refractivity contribution >= 4 is 5.78 Å². The maximum absolute atomic E-state index is 13.6. The first-order chi connectivity index (χ1) is 13.3. The molecule has 2 bridgehead atoms. The summed E-state index contributed by atoms with van der Waals surface area (Å²) in [4.78, 5) is 13.6. The summed E-state index contributed by atoms with van der Waals surface area (Å²) in [7, 11) is 1.68. The normalized spacial score (nSPS) is 30.8. The van der Waals surface area contributed by atoms with E-state index in [0.29, 0.717) is 19.3 Å². The zero-order valence-electron chi connectivity index (χ0n) is 17.4. The van der Waals surface area contributed by atoms with Crippen LogP contribution in [0, 0.1) is 22.7 Å². The lowest BCUT2D eigenvalue weighted by atomic mass is 9.58. The zero-order valence-corrected chi connectivity index (χ0v) is 17.4. The minimum atomic E-state index is -0.606. The number of carbonyl (C=O) groups is 1. The monoisotopic (exact) mass is 386 g/mol. The number of rotatable bonds is 9. The summed E-state index contributed by atoms with van der Waals surface area (Å²) in [6.07, 6.45) is 3.23. The molecule has 3 rings (SSSR count). The first-order valence-electron chi connectivity index (χ1n) is 10.4. The van der Waals surface area contributed by atoms with E-state index in [4.69, 9.17) is 9.84 Å². The van der Waals surface area contributed by atoms with Crippen molar-refractivity contribution in [2.24, 2.45) is 22.7 Å². The van der Waals surface area contributed by atoms with Gasteiger partial charge in [-0.05, 0) is 42.7 Å². The summed E-state index contributed by atoms with van der Waals surface area (Å²) in [6, 6.07) is 8.30. The van der Waals surface area contributed by atoms with E-state index in [1.165, 1.54) is 5.56 Å². The molecule has 1 aromatic rings. The van der Waals surface area contributed by atoms with E-state index in [0.717, 1.165) is 24.0 Å². The molecule has 0 unspecified atom stereocenters. The van der Waals surface area contributed by atoms with Crippen molar-refractivity contribution in [2.75, 3.05) is 20.3 Å². The number of benzene rings is 1. The number of methoxy groups -OCH3 is 1. The highest BCUT2D eigenvalue weighted by Gasteiger charge is 2.71. The predicted molar refractivity (Wildman–Crippen MR) is 110 cm³/mol. The highest BCUT2D eigenvalue weighted by molar-refractivity contribution is 5.89. The average molecular weight is 387 g/mol. The predicted octanol–water partition coefficient (Wildman–Crippen LogP) is 3.34. The molecule has 154 valence electrons. The Balaban J connectivity index is 1.80.